The van der Waals surface area contributed by atoms with Crippen LogP contribution >= 0.6 is 0 Å². The molecule has 0 radical (unpaired) electrons. The van der Waals surface area contributed by atoms with Gasteiger partial charge in [0.25, 0.3) is 5.91 Å². The van der Waals surface area contributed by atoms with Gasteiger partial charge in [0, 0.05) is 31.5 Å². The Morgan fingerprint density at radius 1 is 1.42 bits per heavy atom. The maximum Gasteiger partial charge on any atom is 0.287 e. The summed E-state index contributed by atoms with van der Waals surface area (Å²) in [5.41, 5.74) is 0. The lowest BCUT2D eigenvalue weighted by Crippen LogP contribution is -2.37. The van der Waals surface area contributed by atoms with Crippen molar-refractivity contribution in [2.45, 2.75) is 31.3 Å². The molecule has 0 saturated heterocycles. The minimum Gasteiger partial charge on any atom is -0.347 e. The van der Waals surface area contributed by atoms with Gasteiger partial charge in [0.2, 0.25) is 10.0 Å². The van der Waals surface area contributed by atoms with Gasteiger partial charge in [-0.1, -0.05) is 0 Å². The van der Waals surface area contributed by atoms with Gasteiger partial charge in [-0.05, 0) is 19.3 Å². The van der Waals surface area contributed by atoms with Crippen molar-refractivity contribution in [3.8, 4) is 0 Å². The van der Waals surface area contributed by atoms with E-state index in [-0.39, 0.29) is 18.0 Å². The van der Waals surface area contributed by atoms with Crippen LogP contribution in [-0.4, -0.2) is 42.2 Å². The molecule has 106 valence electrons. The molecule has 0 aromatic carbocycles. The molecule has 1 fully saturated rings. The Bertz CT molecular complexity index is 566. The number of sulfonamides is 1. The molecule has 0 spiro atoms. The molecule has 2 rings (SSSR count). The van der Waals surface area contributed by atoms with Gasteiger partial charge in [-0.25, -0.2) is 18.1 Å². The lowest BCUT2D eigenvalue weighted by molar-refractivity contribution is 0.0924. The van der Waals surface area contributed by atoms with Gasteiger partial charge >= 0.3 is 0 Å². The summed E-state index contributed by atoms with van der Waals surface area (Å²) in [5.74, 6) is 0.136. The summed E-state index contributed by atoms with van der Waals surface area (Å²) in [6.07, 6.45) is 6.53. The van der Waals surface area contributed by atoms with Crippen LogP contribution in [0.1, 0.15) is 29.9 Å². The van der Waals surface area contributed by atoms with Crippen molar-refractivity contribution >= 4 is 15.9 Å². The zero-order valence-electron chi connectivity index (χ0n) is 11.0. The summed E-state index contributed by atoms with van der Waals surface area (Å²) in [4.78, 5) is 15.9. The summed E-state index contributed by atoms with van der Waals surface area (Å²) in [6.45, 7) is 0. The van der Waals surface area contributed by atoms with E-state index in [1.54, 1.807) is 24.0 Å². The molecule has 0 unspecified atom stereocenters. The second-order valence-corrected chi connectivity index (χ2v) is 6.71. The van der Waals surface area contributed by atoms with Crippen LogP contribution in [0, 0.1) is 0 Å². The first-order chi connectivity index (χ1) is 8.85. The Labute approximate surface area is 112 Å². The topological polar surface area (TPSA) is 93.1 Å². The van der Waals surface area contributed by atoms with Crippen molar-refractivity contribution in [2.75, 3.05) is 6.26 Å². The summed E-state index contributed by atoms with van der Waals surface area (Å²) < 4.78 is 26.5. The third-order valence-corrected chi connectivity index (χ3v) is 3.93. The highest BCUT2D eigenvalue weighted by atomic mass is 32.2. The fourth-order valence-corrected chi connectivity index (χ4v) is 3.18. The number of nitrogens with zero attached hydrogens (tertiary/aromatic N) is 2. The molecule has 0 aliphatic heterocycles. The predicted octanol–water partition coefficient (Wildman–Crippen LogP) is -0.380. The quantitative estimate of drug-likeness (QED) is 0.789. The average molecular weight is 286 g/mol. The summed E-state index contributed by atoms with van der Waals surface area (Å²) in [5, 5.41) is 2.88. The SMILES string of the molecule is Cn1ccnc1C(=O)N[C@H]1CC[C@@H](NS(C)(=O)=O)C1. The van der Waals surface area contributed by atoms with Crippen LogP contribution in [0.15, 0.2) is 12.4 Å². The number of carbonyl (C=O) groups is 1. The number of aryl methyl sites for hydroxylation is 1. The average Bonchev–Trinajstić information content (AvgIpc) is 2.85. The third kappa shape index (κ3) is 3.77. The molecule has 1 aromatic heterocycles. The van der Waals surface area contributed by atoms with Gasteiger partial charge in [0.15, 0.2) is 5.82 Å². The molecule has 2 N–H and O–H groups in total. The lowest BCUT2D eigenvalue weighted by atomic mass is 10.2. The number of amides is 1. The van der Waals surface area contributed by atoms with E-state index < -0.39 is 10.0 Å². The normalized spacial score (nSPS) is 23.5. The summed E-state index contributed by atoms with van der Waals surface area (Å²) in [7, 11) is -1.43. The van der Waals surface area contributed by atoms with E-state index in [0.717, 1.165) is 19.1 Å². The van der Waals surface area contributed by atoms with Crippen LogP contribution in [0.25, 0.3) is 0 Å². The Balaban J connectivity index is 1.89. The lowest BCUT2D eigenvalue weighted by Gasteiger charge is -2.13. The van der Waals surface area contributed by atoms with Gasteiger partial charge in [-0.15, -0.1) is 0 Å². The Hall–Kier alpha value is -1.41. The Morgan fingerprint density at radius 3 is 2.68 bits per heavy atom. The molecular weight excluding hydrogens is 268 g/mol. The van der Waals surface area contributed by atoms with E-state index >= 15 is 0 Å². The molecule has 19 heavy (non-hydrogen) atoms. The van der Waals surface area contributed by atoms with E-state index in [1.165, 1.54) is 0 Å². The minimum atomic E-state index is -3.19. The zero-order chi connectivity index (χ0) is 14.0. The molecule has 1 aromatic rings. The van der Waals surface area contributed by atoms with Crippen molar-refractivity contribution in [1.82, 2.24) is 19.6 Å². The summed E-state index contributed by atoms with van der Waals surface area (Å²) in [6, 6.07) is -0.106. The molecular formula is C11H18N4O3S. The van der Waals surface area contributed by atoms with Crippen LogP contribution in [-0.2, 0) is 17.1 Å². The van der Waals surface area contributed by atoms with E-state index in [2.05, 4.69) is 15.0 Å². The van der Waals surface area contributed by atoms with Gasteiger partial charge in [-0.2, -0.15) is 0 Å². The zero-order valence-corrected chi connectivity index (χ0v) is 11.8. The molecule has 1 heterocycles. The second-order valence-electron chi connectivity index (χ2n) is 4.93. The first-order valence-electron chi connectivity index (χ1n) is 6.10. The molecule has 1 saturated carbocycles. The molecule has 1 aliphatic rings. The predicted molar refractivity (Wildman–Crippen MR) is 70.1 cm³/mol. The fourth-order valence-electron chi connectivity index (χ4n) is 2.36. The van der Waals surface area contributed by atoms with Crippen molar-refractivity contribution in [3.63, 3.8) is 0 Å². The van der Waals surface area contributed by atoms with Gasteiger partial charge in [-0.3, -0.25) is 4.79 Å². The number of rotatable bonds is 4. The largest absolute Gasteiger partial charge is 0.347 e. The standard InChI is InChI=1S/C11H18N4O3S/c1-15-6-5-12-10(15)11(16)13-8-3-4-9(7-8)14-19(2,17)18/h5-6,8-9,14H,3-4,7H2,1-2H3,(H,13,16)/t8-,9+/m0/s1. The minimum absolute atomic E-state index is 0.0107. The van der Waals surface area contributed by atoms with E-state index in [0.29, 0.717) is 12.2 Å². The third-order valence-electron chi connectivity index (χ3n) is 3.17. The van der Waals surface area contributed by atoms with Gasteiger partial charge in [0.1, 0.15) is 0 Å². The van der Waals surface area contributed by atoms with Gasteiger partial charge in [0.05, 0.1) is 6.26 Å². The molecule has 7 nitrogen and oxygen atoms in total. The second kappa shape index (κ2) is 5.30. The van der Waals surface area contributed by atoms with E-state index in [1.807, 2.05) is 0 Å². The smallest absolute Gasteiger partial charge is 0.287 e. The van der Waals surface area contributed by atoms with Crippen molar-refractivity contribution < 1.29 is 13.2 Å². The maximum atomic E-state index is 11.9. The highest BCUT2D eigenvalue weighted by Crippen LogP contribution is 2.20. The number of carbonyl (C=O) groups excluding carboxylic acids is 1. The highest BCUT2D eigenvalue weighted by molar-refractivity contribution is 7.88. The van der Waals surface area contributed by atoms with Crippen molar-refractivity contribution in [2.24, 2.45) is 7.05 Å². The number of aromatic nitrogens is 2. The van der Waals surface area contributed by atoms with Crippen molar-refractivity contribution in [1.29, 1.82) is 0 Å². The molecule has 2 atom stereocenters. The van der Waals surface area contributed by atoms with E-state index in [4.69, 9.17) is 0 Å². The molecule has 8 heteroatoms. The number of hydrogen-bond donors (Lipinski definition) is 2. The fraction of sp³-hybridized carbons (Fsp3) is 0.636. The van der Waals surface area contributed by atoms with E-state index in [9.17, 15) is 13.2 Å². The van der Waals surface area contributed by atoms with Crippen LogP contribution in [0.4, 0.5) is 0 Å². The van der Waals surface area contributed by atoms with Crippen LogP contribution in [0.5, 0.6) is 0 Å². The number of nitrogens with one attached hydrogen (secondary N) is 2. The Kier molecular flexibility index (Phi) is 3.91. The first kappa shape index (κ1) is 14.0. The number of imidazole rings is 1. The summed E-state index contributed by atoms with van der Waals surface area (Å²) >= 11 is 0. The van der Waals surface area contributed by atoms with Crippen molar-refractivity contribution in [3.05, 3.63) is 18.2 Å². The van der Waals surface area contributed by atoms with Crippen LogP contribution < -0.4 is 10.0 Å². The maximum absolute atomic E-state index is 11.9. The Morgan fingerprint density at radius 2 is 2.11 bits per heavy atom. The van der Waals surface area contributed by atoms with Crippen LogP contribution in [0.2, 0.25) is 0 Å². The number of hydrogen-bond acceptors (Lipinski definition) is 4. The molecule has 1 amide bonds. The van der Waals surface area contributed by atoms with Crippen LogP contribution in [0.3, 0.4) is 0 Å². The molecule has 0 bridgehead atoms. The highest BCUT2D eigenvalue weighted by Gasteiger charge is 2.28. The van der Waals surface area contributed by atoms with Gasteiger partial charge < -0.3 is 9.88 Å². The molecule has 1 aliphatic carbocycles. The monoisotopic (exact) mass is 286 g/mol. The first-order valence-corrected chi connectivity index (χ1v) is 8.00.